The number of carbonyl (C=O) groups is 2. The number of hydrogen-bond donors (Lipinski definition) is 2. The Kier molecular flexibility index (Phi) is 7.48. The number of carboxylic acid groups (broad SMARTS) is 1. The number of carbonyl (C=O) groups excluding carboxylic acids is 1. The molecule has 0 atom stereocenters. The smallest absolute Gasteiger partial charge is 0.341 e. The molecule has 0 aliphatic carbocycles. The van der Waals surface area contributed by atoms with E-state index >= 15 is 0 Å². The molecule has 0 fully saturated rings. The molecule has 10 heteroatoms. The highest BCUT2D eigenvalue weighted by Gasteiger charge is 2.12. The number of methoxy groups -OCH3 is 2. The van der Waals surface area contributed by atoms with Crippen LogP contribution in [-0.2, 0) is 4.79 Å². The summed E-state index contributed by atoms with van der Waals surface area (Å²) >= 11 is 12.1. The van der Waals surface area contributed by atoms with Gasteiger partial charge in [0.1, 0.15) is 11.5 Å². The third kappa shape index (κ3) is 5.77. The molecule has 0 heterocycles. The predicted octanol–water partition coefficient (Wildman–Crippen LogP) is 3.24. The fraction of sp³-hybridized carbons (Fsp3) is 0.167. The van der Waals surface area contributed by atoms with Gasteiger partial charge in [-0.3, -0.25) is 4.79 Å². The highest BCUT2D eigenvalue weighted by Crippen LogP contribution is 2.33. The Morgan fingerprint density at radius 3 is 2.14 bits per heavy atom. The lowest BCUT2D eigenvalue weighted by Crippen LogP contribution is -2.17. The van der Waals surface area contributed by atoms with Gasteiger partial charge in [-0.1, -0.05) is 23.2 Å². The van der Waals surface area contributed by atoms with Gasteiger partial charge in [0.25, 0.3) is 5.91 Å². The summed E-state index contributed by atoms with van der Waals surface area (Å²) < 4.78 is 15.3. The number of nitrogens with zero attached hydrogens (tertiary/aromatic N) is 1. The van der Waals surface area contributed by atoms with Crippen LogP contribution in [-0.4, -0.2) is 44.0 Å². The first-order chi connectivity index (χ1) is 13.3. The fourth-order valence-corrected chi connectivity index (χ4v) is 2.71. The van der Waals surface area contributed by atoms with Gasteiger partial charge in [0.2, 0.25) is 0 Å². The molecule has 0 unspecified atom stereocenters. The molecule has 0 spiro atoms. The first-order valence-electron chi connectivity index (χ1n) is 7.74. The third-order valence-electron chi connectivity index (χ3n) is 3.35. The lowest BCUT2D eigenvalue weighted by Gasteiger charge is -2.09. The maximum Gasteiger partial charge on any atom is 0.341 e. The van der Waals surface area contributed by atoms with Crippen LogP contribution in [0.3, 0.4) is 0 Å². The monoisotopic (exact) mass is 426 g/mol. The molecule has 0 radical (unpaired) electrons. The number of halogens is 2. The zero-order chi connectivity index (χ0) is 20.7. The van der Waals surface area contributed by atoms with Crippen molar-refractivity contribution in [3.8, 4) is 17.2 Å². The molecule has 148 valence electrons. The Morgan fingerprint density at radius 1 is 1.07 bits per heavy atom. The summed E-state index contributed by atoms with van der Waals surface area (Å²) in [5.41, 5.74) is 3.13. The van der Waals surface area contributed by atoms with E-state index < -0.39 is 18.5 Å². The minimum Gasteiger partial charge on any atom is -0.497 e. The van der Waals surface area contributed by atoms with Gasteiger partial charge in [-0.05, 0) is 29.8 Å². The predicted molar refractivity (Wildman–Crippen MR) is 104 cm³/mol. The van der Waals surface area contributed by atoms with Crippen LogP contribution in [0.1, 0.15) is 15.9 Å². The summed E-state index contributed by atoms with van der Waals surface area (Å²) in [7, 11) is 2.96. The van der Waals surface area contributed by atoms with E-state index in [1.54, 1.807) is 6.07 Å². The second kappa shape index (κ2) is 9.82. The van der Waals surface area contributed by atoms with Crippen LogP contribution in [0.25, 0.3) is 0 Å². The van der Waals surface area contributed by atoms with Gasteiger partial charge in [0.15, 0.2) is 12.4 Å². The van der Waals surface area contributed by atoms with Crippen molar-refractivity contribution in [1.82, 2.24) is 5.43 Å². The number of hydrogen-bond acceptors (Lipinski definition) is 6. The summed E-state index contributed by atoms with van der Waals surface area (Å²) in [4.78, 5) is 22.8. The summed E-state index contributed by atoms with van der Waals surface area (Å²) in [5, 5.41) is 12.7. The molecule has 28 heavy (non-hydrogen) atoms. The minimum absolute atomic E-state index is 0.0513. The molecule has 0 aliphatic rings. The third-order valence-corrected chi connectivity index (χ3v) is 3.92. The topological polar surface area (TPSA) is 106 Å². The van der Waals surface area contributed by atoms with Crippen molar-refractivity contribution < 1.29 is 28.9 Å². The number of benzene rings is 2. The molecule has 2 rings (SSSR count). The molecular weight excluding hydrogens is 411 g/mol. The standard InChI is InChI=1S/C18H16Cl2N2O6/c1-26-12-5-11(6-13(7-12)27-2)18(25)22-21-8-10-3-14(19)17(15(20)4-10)28-9-16(23)24/h3-8H,9H2,1-2H3,(H,22,25)(H,23,24)/b21-8-. The fourth-order valence-electron chi connectivity index (χ4n) is 2.09. The molecule has 2 N–H and O–H groups in total. The number of amides is 1. The maximum absolute atomic E-state index is 12.2. The zero-order valence-corrected chi connectivity index (χ0v) is 16.4. The molecule has 0 saturated carbocycles. The first kappa shape index (κ1) is 21.3. The highest BCUT2D eigenvalue weighted by molar-refractivity contribution is 6.37. The van der Waals surface area contributed by atoms with Crippen LogP contribution >= 0.6 is 23.2 Å². The van der Waals surface area contributed by atoms with Crippen molar-refractivity contribution in [3.05, 3.63) is 51.5 Å². The number of nitrogens with one attached hydrogen (secondary N) is 1. The Hall–Kier alpha value is -2.97. The lowest BCUT2D eigenvalue weighted by molar-refractivity contribution is -0.139. The average molecular weight is 427 g/mol. The van der Waals surface area contributed by atoms with E-state index in [2.05, 4.69) is 10.5 Å². The van der Waals surface area contributed by atoms with Crippen LogP contribution in [0, 0.1) is 0 Å². The highest BCUT2D eigenvalue weighted by atomic mass is 35.5. The number of carboxylic acids is 1. The summed E-state index contributed by atoms with van der Waals surface area (Å²) in [6, 6.07) is 7.65. The van der Waals surface area contributed by atoms with E-state index in [-0.39, 0.29) is 15.8 Å². The van der Waals surface area contributed by atoms with E-state index in [4.69, 9.17) is 42.5 Å². The van der Waals surface area contributed by atoms with Crippen molar-refractivity contribution >= 4 is 41.3 Å². The molecule has 0 aliphatic heterocycles. The Balaban J connectivity index is 2.10. The quantitative estimate of drug-likeness (QED) is 0.495. The molecule has 1 amide bonds. The van der Waals surface area contributed by atoms with E-state index in [1.165, 1.54) is 44.7 Å². The largest absolute Gasteiger partial charge is 0.497 e. The second-order valence-electron chi connectivity index (χ2n) is 5.30. The van der Waals surface area contributed by atoms with Crippen molar-refractivity contribution in [3.63, 3.8) is 0 Å². The van der Waals surface area contributed by atoms with Crippen molar-refractivity contribution in [2.45, 2.75) is 0 Å². The number of rotatable bonds is 8. The van der Waals surface area contributed by atoms with Crippen LogP contribution < -0.4 is 19.6 Å². The van der Waals surface area contributed by atoms with E-state index in [0.717, 1.165) is 0 Å². The molecule has 0 saturated heterocycles. The van der Waals surface area contributed by atoms with Crippen molar-refractivity contribution in [2.24, 2.45) is 5.10 Å². The molecule has 0 bridgehead atoms. The normalized spacial score (nSPS) is 10.6. The number of hydrazone groups is 1. The van der Waals surface area contributed by atoms with Crippen LogP contribution in [0.2, 0.25) is 10.0 Å². The zero-order valence-electron chi connectivity index (χ0n) is 14.9. The van der Waals surface area contributed by atoms with E-state index in [9.17, 15) is 9.59 Å². The average Bonchev–Trinajstić information content (AvgIpc) is 2.66. The van der Waals surface area contributed by atoms with Crippen LogP contribution in [0.4, 0.5) is 0 Å². The van der Waals surface area contributed by atoms with Crippen molar-refractivity contribution in [2.75, 3.05) is 20.8 Å². The van der Waals surface area contributed by atoms with E-state index in [1.807, 2.05) is 0 Å². The van der Waals surface area contributed by atoms with Crippen LogP contribution in [0.5, 0.6) is 17.2 Å². The van der Waals surface area contributed by atoms with Gasteiger partial charge in [0, 0.05) is 11.6 Å². The molecule has 0 aromatic heterocycles. The number of aliphatic carboxylic acids is 1. The minimum atomic E-state index is -1.16. The maximum atomic E-state index is 12.2. The Morgan fingerprint density at radius 2 is 1.64 bits per heavy atom. The molecule has 8 nitrogen and oxygen atoms in total. The molecule has 2 aromatic carbocycles. The number of ether oxygens (including phenoxy) is 3. The molecular formula is C18H16Cl2N2O6. The van der Waals surface area contributed by atoms with Gasteiger partial charge in [-0.2, -0.15) is 5.10 Å². The molecule has 2 aromatic rings. The van der Waals surface area contributed by atoms with Crippen molar-refractivity contribution in [1.29, 1.82) is 0 Å². The lowest BCUT2D eigenvalue weighted by atomic mass is 10.2. The summed E-state index contributed by atoms with van der Waals surface area (Å²) in [6.07, 6.45) is 1.33. The van der Waals surface area contributed by atoms with Gasteiger partial charge < -0.3 is 19.3 Å². The summed E-state index contributed by atoms with van der Waals surface area (Å²) in [6.45, 7) is -0.576. The van der Waals surface area contributed by atoms with Crippen LogP contribution in [0.15, 0.2) is 35.4 Å². The van der Waals surface area contributed by atoms with Gasteiger partial charge in [0.05, 0.1) is 30.5 Å². The van der Waals surface area contributed by atoms with Gasteiger partial charge >= 0.3 is 5.97 Å². The Bertz CT molecular complexity index is 872. The Labute approximate surface area is 170 Å². The first-order valence-corrected chi connectivity index (χ1v) is 8.49. The second-order valence-corrected chi connectivity index (χ2v) is 6.11. The van der Waals surface area contributed by atoms with Gasteiger partial charge in [-0.15, -0.1) is 0 Å². The summed E-state index contributed by atoms with van der Waals surface area (Å²) in [5.74, 6) is -0.662. The van der Waals surface area contributed by atoms with Gasteiger partial charge in [-0.25, -0.2) is 10.2 Å². The van der Waals surface area contributed by atoms with E-state index in [0.29, 0.717) is 22.6 Å². The SMILES string of the molecule is COc1cc(OC)cc(C(=O)N/N=C\c2cc(Cl)c(OCC(=O)O)c(Cl)c2)c1.